The molecule has 7 heteroatoms. The molecule has 18 heavy (non-hydrogen) atoms. The Labute approximate surface area is 104 Å². The van der Waals surface area contributed by atoms with Crippen molar-refractivity contribution in [2.24, 2.45) is 0 Å². The molecule has 0 aliphatic rings. The number of anilines is 1. The van der Waals surface area contributed by atoms with Crippen LogP contribution < -0.4 is 11.1 Å². The van der Waals surface area contributed by atoms with Crippen LogP contribution in [-0.4, -0.2) is 26.5 Å². The minimum Gasteiger partial charge on any atom is -0.398 e. The largest absolute Gasteiger partial charge is 0.398 e. The second kappa shape index (κ2) is 4.82. The van der Waals surface area contributed by atoms with E-state index in [4.69, 9.17) is 5.73 Å². The molecule has 2 rings (SSSR count). The first-order valence-corrected chi connectivity index (χ1v) is 5.45. The fraction of sp³-hybridized carbons (Fsp3) is 0.273. The summed E-state index contributed by atoms with van der Waals surface area (Å²) in [6.45, 7) is 4.00. The molecule has 1 amide bonds. The summed E-state index contributed by atoms with van der Waals surface area (Å²) >= 11 is 0. The quantitative estimate of drug-likeness (QED) is 0.676. The van der Waals surface area contributed by atoms with Gasteiger partial charge in [-0.3, -0.25) is 4.79 Å². The van der Waals surface area contributed by atoms with Crippen molar-refractivity contribution in [3.63, 3.8) is 0 Å². The molecule has 0 saturated heterocycles. The Kier molecular flexibility index (Phi) is 3.22. The first-order chi connectivity index (χ1) is 8.58. The number of carbonyl (C=O) groups excluding carboxylic acids is 1. The summed E-state index contributed by atoms with van der Waals surface area (Å²) in [5.41, 5.74) is 8.80. The van der Waals surface area contributed by atoms with Crippen molar-refractivity contribution >= 4 is 11.6 Å². The third kappa shape index (κ3) is 2.45. The molecule has 1 heterocycles. The summed E-state index contributed by atoms with van der Waals surface area (Å²) < 4.78 is 0. The fourth-order valence-corrected chi connectivity index (χ4v) is 1.63. The molecule has 1 aromatic carbocycles. The van der Waals surface area contributed by atoms with E-state index in [1.807, 2.05) is 19.9 Å². The van der Waals surface area contributed by atoms with Gasteiger partial charge in [0.05, 0.1) is 6.54 Å². The number of nitrogens with zero attached hydrogens (tertiary/aromatic N) is 3. The molecule has 1 aromatic heterocycles. The number of nitrogens with one attached hydrogen (secondary N) is 2. The normalized spacial score (nSPS) is 10.3. The van der Waals surface area contributed by atoms with Crippen molar-refractivity contribution in [2.75, 3.05) is 5.73 Å². The lowest BCUT2D eigenvalue weighted by Gasteiger charge is -2.09. The molecule has 0 aliphatic heterocycles. The highest BCUT2D eigenvalue weighted by molar-refractivity contribution is 5.96. The third-order valence-electron chi connectivity index (χ3n) is 2.65. The summed E-state index contributed by atoms with van der Waals surface area (Å²) in [5.74, 6) is 0.227. The van der Waals surface area contributed by atoms with E-state index in [0.717, 1.165) is 11.1 Å². The van der Waals surface area contributed by atoms with E-state index in [0.29, 0.717) is 17.1 Å². The van der Waals surface area contributed by atoms with E-state index in [1.165, 1.54) is 0 Å². The van der Waals surface area contributed by atoms with Crippen LogP contribution in [0.4, 0.5) is 5.69 Å². The molecule has 0 radical (unpaired) electrons. The van der Waals surface area contributed by atoms with Crippen LogP contribution in [0.15, 0.2) is 12.1 Å². The Morgan fingerprint density at radius 1 is 1.39 bits per heavy atom. The smallest absolute Gasteiger partial charge is 0.252 e. The Morgan fingerprint density at radius 3 is 2.83 bits per heavy atom. The SMILES string of the molecule is Cc1cc(C)c(C(=O)NCc2nn[nH]n2)cc1N. The highest BCUT2D eigenvalue weighted by atomic mass is 16.1. The summed E-state index contributed by atoms with van der Waals surface area (Å²) in [4.78, 5) is 12.0. The number of hydrogen-bond acceptors (Lipinski definition) is 5. The van der Waals surface area contributed by atoms with Crippen LogP contribution >= 0.6 is 0 Å². The average Bonchev–Trinajstić information content (AvgIpc) is 2.84. The molecule has 0 unspecified atom stereocenters. The van der Waals surface area contributed by atoms with Crippen LogP contribution in [0.5, 0.6) is 0 Å². The van der Waals surface area contributed by atoms with Crippen molar-refractivity contribution in [3.8, 4) is 0 Å². The van der Waals surface area contributed by atoms with Gasteiger partial charge in [-0.25, -0.2) is 0 Å². The zero-order valence-electron chi connectivity index (χ0n) is 10.2. The molecule has 0 atom stereocenters. The number of aryl methyl sites for hydroxylation is 2. The predicted octanol–water partition coefficient (Wildman–Crippen LogP) is 0.329. The second-order valence-corrected chi connectivity index (χ2v) is 4.03. The lowest BCUT2D eigenvalue weighted by molar-refractivity contribution is 0.0949. The van der Waals surface area contributed by atoms with Crippen LogP contribution in [0.25, 0.3) is 0 Å². The molecule has 4 N–H and O–H groups in total. The number of H-pyrrole nitrogens is 1. The van der Waals surface area contributed by atoms with E-state index >= 15 is 0 Å². The number of aromatic nitrogens is 4. The summed E-state index contributed by atoms with van der Waals surface area (Å²) in [6, 6.07) is 3.56. The number of amides is 1. The van der Waals surface area contributed by atoms with Crippen LogP contribution in [-0.2, 0) is 6.54 Å². The lowest BCUT2D eigenvalue weighted by atomic mass is 10.0. The van der Waals surface area contributed by atoms with Crippen LogP contribution in [0, 0.1) is 13.8 Å². The number of aromatic amines is 1. The van der Waals surface area contributed by atoms with Gasteiger partial charge < -0.3 is 11.1 Å². The molecule has 0 bridgehead atoms. The fourth-order valence-electron chi connectivity index (χ4n) is 1.63. The van der Waals surface area contributed by atoms with Crippen LogP contribution in [0.2, 0.25) is 0 Å². The molecule has 94 valence electrons. The van der Waals surface area contributed by atoms with Crippen molar-refractivity contribution in [1.29, 1.82) is 0 Å². The molecular weight excluding hydrogens is 232 g/mol. The lowest BCUT2D eigenvalue weighted by Crippen LogP contribution is -2.24. The zero-order valence-corrected chi connectivity index (χ0v) is 10.2. The molecule has 0 aliphatic carbocycles. The Bertz CT molecular complexity index is 563. The molecule has 0 spiro atoms. The van der Waals surface area contributed by atoms with Crippen molar-refractivity contribution in [2.45, 2.75) is 20.4 Å². The van der Waals surface area contributed by atoms with Crippen molar-refractivity contribution in [1.82, 2.24) is 25.9 Å². The number of tetrazole rings is 1. The second-order valence-electron chi connectivity index (χ2n) is 4.03. The van der Waals surface area contributed by atoms with Gasteiger partial charge in [0.15, 0.2) is 5.82 Å². The number of carbonyl (C=O) groups is 1. The number of rotatable bonds is 3. The van der Waals surface area contributed by atoms with E-state index in [9.17, 15) is 4.79 Å². The highest BCUT2D eigenvalue weighted by Crippen LogP contribution is 2.17. The maximum absolute atomic E-state index is 12.0. The van der Waals surface area contributed by atoms with Gasteiger partial charge in [0, 0.05) is 11.3 Å². The topological polar surface area (TPSA) is 110 Å². The minimum absolute atomic E-state index is 0.205. The van der Waals surface area contributed by atoms with Crippen LogP contribution in [0.3, 0.4) is 0 Å². The van der Waals surface area contributed by atoms with Gasteiger partial charge in [-0.15, -0.1) is 10.2 Å². The molecule has 0 fully saturated rings. The van der Waals surface area contributed by atoms with E-state index in [-0.39, 0.29) is 12.5 Å². The summed E-state index contributed by atoms with van der Waals surface area (Å²) in [7, 11) is 0. The molecule has 7 nitrogen and oxygen atoms in total. The highest BCUT2D eigenvalue weighted by Gasteiger charge is 2.11. The van der Waals surface area contributed by atoms with Gasteiger partial charge in [-0.2, -0.15) is 5.21 Å². The van der Waals surface area contributed by atoms with Crippen molar-refractivity contribution in [3.05, 3.63) is 34.6 Å². The number of nitrogen functional groups attached to an aromatic ring is 1. The van der Waals surface area contributed by atoms with Crippen LogP contribution in [0.1, 0.15) is 27.3 Å². The average molecular weight is 246 g/mol. The van der Waals surface area contributed by atoms with Crippen molar-refractivity contribution < 1.29 is 4.79 Å². The standard InChI is InChI=1S/C11H14N6O/c1-6-3-7(2)9(12)4-8(6)11(18)13-5-10-14-16-17-15-10/h3-4H,5,12H2,1-2H3,(H,13,18)(H,14,15,16,17). The number of hydrogen-bond donors (Lipinski definition) is 3. The van der Waals surface area contributed by atoms with E-state index in [1.54, 1.807) is 6.07 Å². The Morgan fingerprint density at radius 2 is 2.17 bits per heavy atom. The first kappa shape index (κ1) is 12.0. The Hall–Kier alpha value is -2.44. The van der Waals surface area contributed by atoms with Gasteiger partial charge in [-0.1, -0.05) is 11.3 Å². The summed E-state index contributed by atoms with van der Waals surface area (Å²) in [5, 5.41) is 15.9. The summed E-state index contributed by atoms with van der Waals surface area (Å²) in [6.07, 6.45) is 0. The van der Waals surface area contributed by atoms with Gasteiger partial charge in [0.1, 0.15) is 0 Å². The molecule has 0 saturated carbocycles. The number of nitrogens with two attached hydrogens (primary N) is 1. The maximum atomic E-state index is 12.0. The van der Waals surface area contributed by atoms with Gasteiger partial charge in [0.2, 0.25) is 0 Å². The number of benzene rings is 1. The van der Waals surface area contributed by atoms with E-state index in [2.05, 4.69) is 25.9 Å². The zero-order chi connectivity index (χ0) is 13.1. The molecule has 2 aromatic rings. The molecular formula is C11H14N6O. The predicted molar refractivity (Wildman–Crippen MR) is 65.7 cm³/mol. The minimum atomic E-state index is -0.205. The van der Waals surface area contributed by atoms with E-state index < -0.39 is 0 Å². The van der Waals surface area contributed by atoms with Gasteiger partial charge in [0.25, 0.3) is 5.91 Å². The van der Waals surface area contributed by atoms with Gasteiger partial charge >= 0.3 is 0 Å². The first-order valence-electron chi connectivity index (χ1n) is 5.45. The Balaban J connectivity index is 2.11. The monoisotopic (exact) mass is 246 g/mol. The maximum Gasteiger partial charge on any atom is 0.252 e. The third-order valence-corrected chi connectivity index (χ3v) is 2.65. The van der Waals surface area contributed by atoms with Gasteiger partial charge in [-0.05, 0) is 31.0 Å².